The van der Waals surface area contributed by atoms with Gasteiger partial charge in [-0.1, -0.05) is 20.8 Å². The zero-order valence-corrected chi connectivity index (χ0v) is 20.7. The molecule has 180 valence electrons. The number of ether oxygens (including phenoxy) is 2. The van der Waals surface area contributed by atoms with Gasteiger partial charge < -0.3 is 9.47 Å². The van der Waals surface area contributed by atoms with Crippen LogP contribution in [-0.2, 0) is 23.9 Å². The summed E-state index contributed by atoms with van der Waals surface area (Å²) in [7, 11) is 1.45. The topological polar surface area (TPSA) is 69.7 Å². The fraction of sp³-hybridized carbons (Fsp3) is 0.889. The van der Waals surface area contributed by atoms with E-state index in [1.807, 2.05) is 0 Å². The highest BCUT2D eigenvalue weighted by molar-refractivity contribution is 5.87. The van der Waals surface area contributed by atoms with Crippen LogP contribution in [0, 0.1) is 46.3 Å². The normalized spacial score (nSPS) is 44.1. The molecule has 4 aliphatic rings. The molecule has 5 heteroatoms. The van der Waals surface area contributed by atoms with Gasteiger partial charge in [0.05, 0.1) is 7.11 Å². The number of rotatable bonds is 5. The number of carbonyl (C=O) groups excluding carboxylic acids is 3. The first-order valence-corrected chi connectivity index (χ1v) is 12.9. The maximum absolute atomic E-state index is 13.8. The van der Waals surface area contributed by atoms with Crippen LogP contribution in [0.1, 0.15) is 91.9 Å². The fourth-order valence-electron chi connectivity index (χ4n) is 8.86. The number of hydrogen-bond acceptors (Lipinski definition) is 5. The Hall–Kier alpha value is -1.39. The summed E-state index contributed by atoms with van der Waals surface area (Å²) in [5.41, 5.74) is -0.0556. The van der Waals surface area contributed by atoms with Crippen molar-refractivity contribution in [3.8, 4) is 0 Å². The summed E-state index contributed by atoms with van der Waals surface area (Å²) in [6.45, 7) is 8.43. The molecule has 0 aromatic rings. The minimum Gasteiger partial charge on any atom is -0.469 e. The average Bonchev–Trinajstić information content (AvgIpc) is 3.11. The maximum Gasteiger partial charge on any atom is 0.305 e. The number of ketones is 1. The van der Waals surface area contributed by atoms with Crippen molar-refractivity contribution < 1.29 is 23.9 Å². The number of methoxy groups -OCH3 is 1. The van der Waals surface area contributed by atoms with Gasteiger partial charge in [0.25, 0.3) is 0 Å². The van der Waals surface area contributed by atoms with Gasteiger partial charge in [0.2, 0.25) is 0 Å². The van der Waals surface area contributed by atoms with E-state index in [2.05, 4.69) is 20.8 Å². The van der Waals surface area contributed by atoms with Crippen molar-refractivity contribution in [2.45, 2.75) is 98.0 Å². The molecule has 0 N–H and O–H groups in total. The van der Waals surface area contributed by atoms with Crippen molar-refractivity contribution >= 4 is 17.7 Å². The van der Waals surface area contributed by atoms with E-state index in [1.165, 1.54) is 26.9 Å². The lowest BCUT2D eigenvalue weighted by Gasteiger charge is -2.60. The molecule has 4 aliphatic carbocycles. The highest BCUT2D eigenvalue weighted by atomic mass is 16.5. The van der Waals surface area contributed by atoms with Crippen molar-refractivity contribution in [2.75, 3.05) is 7.11 Å². The molecule has 4 rings (SSSR count). The van der Waals surface area contributed by atoms with Crippen LogP contribution < -0.4 is 0 Å². The molecule has 0 aromatic heterocycles. The van der Waals surface area contributed by atoms with E-state index in [1.54, 1.807) is 0 Å². The summed E-state index contributed by atoms with van der Waals surface area (Å²) in [5.74, 6) is 3.00. The van der Waals surface area contributed by atoms with Crippen LogP contribution in [0.25, 0.3) is 0 Å². The van der Waals surface area contributed by atoms with Crippen LogP contribution >= 0.6 is 0 Å². The zero-order valence-electron chi connectivity index (χ0n) is 20.7. The zero-order chi connectivity index (χ0) is 23.3. The van der Waals surface area contributed by atoms with Crippen LogP contribution in [0.2, 0.25) is 0 Å². The maximum atomic E-state index is 13.8. The molecular formula is C27H42O5. The monoisotopic (exact) mass is 446 g/mol. The first-order chi connectivity index (χ1) is 15.1. The van der Waals surface area contributed by atoms with Gasteiger partial charge in [-0.25, -0.2) is 0 Å². The summed E-state index contributed by atoms with van der Waals surface area (Å²) < 4.78 is 10.4. The average molecular weight is 447 g/mol. The molecule has 0 aliphatic heterocycles. The van der Waals surface area contributed by atoms with E-state index in [9.17, 15) is 14.4 Å². The molecule has 0 heterocycles. The van der Waals surface area contributed by atoms with E-state index in [-0.39, 0.29) is 28.9 Å². The first kappa shape index (κ1) is 23.8. The van der Waals surface area contributed by atoms with Gasteiger partial charge in [-0.15, -0.1) is 0 Å². The smallest absolute Gasteiger partial charge is 0.305 e. The Bertz CT molecular complexity index is 761. The molecule has 0 aromatic carbocycles. The van der Waals surface area contributed by atoms with Crippen LogP contribution in [0.15, 0.2) is 0 Å². The van der Waals surface area contributed by atoms with E-state index < -0.39 is 0 Å². The molecule has 32 heavy (non-hydrogen) atoms. The molecule has 0 radical (unpaired) electrons. The summed E-state index contributed by atoms with van der Waals surface area (Å²) >= 11 is 0. The molecule has 0 spiro atoms. The van der Waals surface area contributed by atoms with Crippen molar-refractivity contribution in [3.05, 3.63) is 0 Å². The Morgan fingerprint density at radius 1 is 1.09 bits per heavy atom. The van der Waals surface area contributed by atoms with Crippen LogP contribution in [0.5, 0.6) is 0 Å². The molecular weight excluding hydrogens is 404 g/mol. The highest BCUT2D eigenvalue weighted by Crippen LogP contribution is 2.67. The van der Waals surface area contributed by atoms with E-state index in [0.717, 1.165) is 38.5 Å². The Labute approximate surface area is 193 Å². The lowest BCUT2D eigenvalue weighted by atomic mass is 9.44. The fourth-order valence-corrected chi connectivity index (χ4v) is 8.86. The standard InChI is InChI=1S/C27H42O5/c1-16(6-11-25(30)31-5)21-9-10-22-20-8-7-18-14-19(32-17(2)28)12-13-26(18,3)23(20)15-24(29)27(21,22)4/h16,18-23H,6-15H2,1-5H3/t16-,18?,19-,20+,21-,22+,23+,26+,27-/m1/s1. The van der Waals surface area contributed by atoms with Crippen LogP contribution in [0.4, 0.5) is 0 Å². The molecule has 4 fully saturated rings. The van der Waals surface area contributed by atoms with Gasteiger partial charge in [0.1, 0.15) is 11.9 Å². The third-order valence-corrected chi connectivity index (χ3v) is 10.6. The summed E-state index contributed by atoms with van der Waals surface area (Å²) in [6, 6.07) is 0. The second-order valence-electron chi connectivity index (χ2n) is 11.8. The quantitative estimate of drug-likeness (QED) is 0.533. The minimum atomic E-state index is -0.241. The van der Waals surface area contributed by atoms with Gasteiger partial charge in [-0.3, -0.25) is 14.4 Å². The van der Waals surface area contributed by atoms with Crippen molar-refractivity contribution in [1.29, 1.82) is 0 Å². The first-order valence-electron chi connectivity index (χ1n) is 12.9. The van der Waals surface area contributed by atoms with Crippen LogP contribution in [0.3, 0.4) is 0 Å². The third kappa shape index (κ3) is 3.81. The Balaban J connectivity index is 1.50. The van der Waals surface area contributed by atoms with Crippen LogP contribution in [-0.4, -0.2) is 30.9 Å². The Morgan fingerprint density at radius 2 is 1.84 bits per heavy atom. The van der Waals surface area contributed by atoms with E-state index in [0.29, 0.717) is 54.1 Å². The van der Waals surface area contributed by atoms with Gasteiger partial charge >= 0.3 is 11.9 Å². The molecule has 0 saturated heterocycles. The largest absolute Gasteiger partial charge is 0.469 e. The molecule has 5 nitrogen and oxygen atoms in total. The summed E-state index contributed by atoms with van der Waals surface area (Å²) in [6.07, 6.45) is 9.61. The van der Waals surface area contributed by atoms with Gasteiger partial charge in [-0.2, -0.15) is 0 Å². The molecule has 0 bridgehead atoms. The minimum absolute atomic E-state index is 0.0539. The summed E-state index contributed by atoms with van der Waals surface area (Å²) in [5, 5.41) is 0. The molecule has 9 atom stereocenters. The van der Waals surface area contributed by atoms with Crippen molar-refractivity contribution in [3.63, 3.8) is 0 Å². The number of Topliss-reactive ketones (excluding diaryl/α,β-unsaturated/α-hetero) is 1. The van der Waals surface area contributed by atoms with Gasteiger partial charge in [0.15, 0.2) is 0 Å². The Morgan fingerprint density at radius 3 is 2.53 bits per heavy atom. The third-order valence-electron chi connectivity index (χ3n) is 10.6. The number of fused-ring (bicyclic) bond motifs is 5. The Kier molecular flexibility index (Phi) is 6.50. The molecule has 4 saturated carbocycles. The predicted octanol–water partition coefficient (Wildman–Crippen LogP) is 5.35. The highest BCUT2D eigenvalue weighted by Gasteiger charge is 2.64. The second kappa shape index (κ2) is 8.76. The van der Waals surface area contributed by atoms with E-state index >= 15 is 0 Å². The molecule has 1 unspecified atom stereocenters. The lowest BCUT2D eigenvalue weighted by Crippen LogP contribution is -2.57. The lowest BCUT2D eigenvalue weighted by molar-refractivity contribution is -0.167. The summed E-state index contributed by atoms with van der Waals surface area (Å²) in [4.78, 5) is 37.0. The molecule has 0 amide bonds. The predicted molar refractivity (Wildman–Crippen MR) is 122 cm³/mol. The van der Waals surface area contributed by atoms with E-state index in [4.69, 9.17) is 9.47 Å². The van der Waals surface area contributed by atoms with Gasteiger partial charge in [0, 0.05) is 25.2 Å². The SMILES string of the molecule is COC(=O)CC[C@@H](C)[C@H]1CC[C@H]2[C@@H]3CCC4C[C@H](OC(C)=O)CC[C@]4(C)[C@H]3CC(=O)[C@]12C. The number of esters is 2. The number of hydrogen-bond donors (Lipinski definition) is 0. The van der Waals surface area contributed by atoms with Crippen molar-refractivity contribution in [1.82, 2.24) is 0 Å². The number of carbonyl (C=O) groups is 3. The second-order valence-corrected chi connectivity index (χ2v) is 11.8. The van der Waals surface area contributed by atoms with Gasteiger partial charge in [-0.05, 0) is 92.3 Å². The van der Waals surface area contributed by atoms with Crippen molar-refractivity contribution in [2.24, 2.45) is 46.3 Å².